The lowest BCUT2D eigenvalue weighted by molar-refractivity contribution is 0.653. The average molecular weight is 485 g/mol. The van der Waals surface area contributed by atoms with E-state index in [-0.39, 0.29) is 5.41 Å². The van der Waals surface area contributed by atoms with Crippen LogP contribution in [0, 0.1) is 0 Å². The van der Waals surface area contributed by atoms with Gasteiger partial charge in [-0.1, -0.05) is 62.4 Å². The van der Waals surface area contributed by atoms with Crippen LogP contribution in [0.15, 0.2) is 91.7 Å². The maximum Gasteiger partial charge on any atom is 0.0968 e. The van der Waals surface area contributed by atoms with Gasteiger partial charge in [-0.2, -0.15) is 0 Å². The van der Waals surface area contributed by atoms with Crippen LogP contribution in [0.4, 0.5) is 0 Å². The molecular formula is C31H24N4S. The van der Waals surface area contributed by atoms with Crippen molar-refractivity contribution in [3.8, 4) is 33.6 Å². The van der Waals surface area contributed by atoms with Crippen LogP contribution < -0.4 is 5.32 Å². The molecule has 174 valence electrons. The quantitative estimate of drug-likeness (QED) is 0.287. The van der Waals surface area contributed by atoms with Crippen molar-refractivity contribution in [3.63, 3.8) is 0 Å². The molecule has 2 aromatic carbocycles. The number of thiophene rings is 1. The number of fused-ring (bicyclic) bond motifs is 7. The molecule has 5 heteroatoms. The third kappa shape index (κ3) is 3.02. The van der Waals surface area contributed by atoms with Crippen molar-refractivity contribution < 1.29 is 0 Å². The van der Waals surface area contributed by atoms with Crippen molar-refractivity contribution in [1.82, 2.24) is 20.3 Å². The molecule has 4 heterocycles. The van der Waals surface area contributed by atoms with Gasteiger partial charge in [-0.25, -0.2) is 0 Å². The average Bonchev–Trinajstić information content (AvgIpc) is 3.29. The van der Waals surface area contributed by atoms with Crippen LogP contribution >= 0.6 is 11.3 Å². The zero-order valence-corrected chi connectivity index (χ0v) is 20.9. The first-order chi connectivity index (χ1) is 17.6. The largest absolute Gasteiger partial charge is 0.387 e. The van der Waals surface area contributed by atoms with E-state index in [1.165, 1.54) is 37.2 Å². The molecule has 1 aliphatic carbocycles. The zero-order chi connectivity index (χ0) is 24.3. The minimum atomic E-state index is -0.249. The summed E-state index contributed by atoms with van der Waals surface area (Å²) in [7, 11) is 0. The zero-order valence-electron chi connectivity index (χ0n) is 20.1. The first-order valence-electron chi connectivity index (χ1n) is 12.2. The molecule has 3 aromatic heterocycles. The predicted octanol–water partition coefficient (Wildman–Crippen LogP) is 7.23. The van der Waals surface area contributed by atoms with E-state index >= 15 is 0 Å². The number of pyridine rings is 1. The Balaban J connectivity index is 1.63. The number of benzene rings is 2. The molecule has 1 N–H and O–H groups in total. The Morgan fingerprint density at radius 3 is 2.50 bits per heavy atom. The van der Waals surface area contributed by atoms with Gasteiger partial charge in [0.1, 0.15) is 0 Å². The fraction of sp³-hybridized carbons (Fsp3) is 0.129. The van der Waals surface area contributed by atoms with Crippen molar-refractivity contribution in [2.24, 2.45) is 0 Å². The number of hydrogen-bond acceptors (Lipinski definition) is 5. The monoisotopic (exact) mass is 484 g/mol. The van der Waals surface area contributed by atoms with E-state index in [1.807, 2.05) is 36.0 Å². The molecule has 2 aliphatic rings. The summed E-state index contributed by atoms with van der Waals surface area (Å²) in [6.45, 7) is 5.48. The summed E-state index contributed by atoms with van der Waals surface area (Å²) in [5.74, 6) is 0. The molecule has 1 aliphatic heterocycles. The van der Waals surface area contributed by atoms with E-state index in [0.717, 1.165) is 34.6 Å². The highest BCUT2D eigenvalue weighted by Gasteiger charge is 2.37. The second-order valence-electron chi connectivity index (χ2n) is 9.77. The minimum absolute atomic E-state index is 0.249. The summed E-state index contributed by atoms with van der Waals surface area (Å²) in [6.07, 6.45) is 13.7. The van der Waals surface area contributed by atoms with E-state index in [0.29, 0.717) is 0 Å². The van der Waals surface area contributed by atoms with E-state index in [2.05, 4.69) is 78.8 Å². The Bertz CT molecular complexity index is 1710. The lowest BCUT2D eigenvalue weighted by Gasteiger charge is -2.28. The highest BCUT2D eigenvalue weighted by Crippen LogP contribution is 2.53. The molecule has 0 atom stereocenters. The van der Waals surface area contributed by atoms with Crippen molar-refractivity contribution in [2.45, 2.75) is 19.3 Å². The molecule has 0 radical (unpaired) electrons. The van der Waals surface area contributed by atoms with Gasteiger partial charge < -0.3 is 5.32 Å². The van der Waals surface area contributed by atoms with Gasteiger partial charge in [0.15, 0.2) is 0 Å². The summed E-state index contributed by atoms with van der Waals surface area (Å²) in [5.41, 5.74) is 10.2. The first kappa shape index (κ1) is 21.2. The smallest absolute Gasteiger partial charge is 0.0968 e. The summed E-state index contributed by atoms with van der Waals surface area (Å²) in [6, 6.07) is 17.4. The predicted molar refractivity (Wildman–Crippen MR) is 149 cm³/mol. The van der Waals surface area contributed by atoms with E-state index in [4.69, 9.17) is 9.97 Å². The second kappa shape index (κ2) is 7.97. The number of nitrogens with zero attached hydrogens (tertiary/aromatic N) is 3. The minimum Gasteiger partial charge on any atom is -0.387 e. The van der Waals surface area contributed by atoms with Gasteiger partial charge in [0, 0.05) is 74.0 Å². The van der Waals surface area contributed by atoms with Gasteiger partial charge in [0.25, 0.3) is 0 Å². The molecule has 7 rings (SSSR count). The standard InChI is InChI=1S/C31H24N4S/c1-31(2)24-10-4-3-9-21(24)27-28(35-16-15-34-27)23-12-11-22-25(19-7-5-13-32-17-19)29(36-30(22)26(23)31)20-8-6-14-33-18-20/h3-17,33H,18H2,1-2H3. The molecule has 0 fully saturated rings. The second-order valence-corrected chi connectivity index (χ2v) is 10.8. The highest BCUT2D eigenvalue weighted by molar-refractivity contribution is 7.21. The van der Waals surface area contributed by atoms with Crippen LogP contribution in [0.1, 0.15) is 29.9 Å². The third-order valence-corrected chi connectivity index (χ3v) is 8.64. The van der Waals surface area contributed by atoms with E-state index in [9.17, 15) is 0 Å². The number of hydrogen-bond donors (Lipinski definition) is 1. The van der Waals surface area contributed by atoms with Gasteiger partial charge in [0.2, 0.25) is 0 Å². The molecule has 0 spiro atoms. The molecule has 0 saturated carbocycles. The number of dihydropyridines is 1. The van der Waals surface area contributed by atoms with Crippen LogP contribution in [-0.4, -0.2) is 21.5 Å². The van der Waals surface area contributed by atoms with Gasteiger partial charge in [0.05, 0.1) is 11.4 Å². The van der Waals surface area contributed by atoms with Gasteiger partial charge >= 0.3 is 0 Å². The van der Waals surface area contributed by atoms with E-state index < -0.39 is 0 Å². The Hall–Kier alpha value is -4.09. The molecule has 0 amide bonds. The summed E-state index contributed by atoms with van der Waals surface area (Å²) in [5, 5.41) is 4.65. The van der Waals surface area contributed by atoms with Crippen molar-refractivity contribution in [3.05, 3.63) is 108 Å². The van der Waals surface area contributed by atoms with Crippen LogP contribution in [0.3, 0.4) is 0 Å². The molecule has 0 saturated heterocycles. The molecule has 36 heavy (non-hydrogen) atoms. The number of aromatic nitrogens is 3. The highest BCUT2D eigenvalue weighted by atomic mass is 32.1. The Morgan fingerprint density at radius 2 is 1.72 bits per heavy atom. The lowest BCUT2D eigenvalue weighted by atomic mass is 9.75. The number of rotatable bonds is 2. The molecule has 0 bridgehead atoms. The molecule has 5 aromatic rings. The topological polar surface area (TPSA) is 50.7 Å². The first-order valence-corrected chi connectivity index (χ1v) is 13.0. The van der Waals surface area contributed by atoms with Crippen LogP contribution in [-0.2, 0) is 5.41 Å². The normalized spacial score (nSPS) is 15.3. The summed E-state index contributed by atoms with van der Waals surface area (Å²) < 4.78 is 1.30. The lowest BCUT2D eigenvalue weighted by Crippen LogP contribution is -2.20. The van der Waals surface area contributed by atoms with Gasteiger partial charge in [-0.15, -0.1) is 11.3 Å². The van der Waals surface area contributed by atoms with Crippen LogP contribution in [0.5, 0.6) is 0 Å². The SMILES string of the molecule is CC1(C)c2ccccc2-c2nccnc2-c2ccc3c(-c4cccnc4)c(C4=CC=CNC4)sc3c21. The molecular weight excluding hydrogens is 460 g/mol. The number of nitrogens with one attached hydrogen (secondary N) is 1. The van der Waals surface area contributed by atoms with E-state index in [1.54, 1.807) is 12.4 Å². The molecule has 0 unspecified atom stereocenters. The molecule has 4 nitrogen and oxygen atoms in total. The van der Waals surface area contributed by atoms with Crippen LogP contribution in [0.2, 0.25) is 0 Å². The van der Waals surface area contributed by atoms with Crippen LogP contribution in [0.25, 0.3) is 49.3 Å². The van der Waals surface area contributed by atoms with Crippen molar-refractivity contribution in [2.75, 3.05) is 6.54 Å². The number of allylic oxidation sites excluding steroid dienone is 2. The Kier molecular flexibility index (Phi) is 4.70. The van der Waals surface area contributed by atoms with Crippen molar-refractivity contribution in [1.29, 1.82) is 0 Å². The summed E-state index contributed by atoms with van der Waals surface area (Å²) in [4.78, 5) is 15.4. The maximum absolute atomic E-state index is 4.87. The summed E-state index contributed by atoms with van der Waals surface area (Å²) >= 11 is 1.88. The van der Waals surface area contributed by atoms with Crippen molar-refractivity contribution >= 4 is 27.0 Å². The Morgan fingerprint density at radius 1 is 0.889 bits per heavy atom. The Labute approximate surface area is 214 Å². The van der Waals surface area contributed by atoms with Gasteiger partial charge in [-0.05, 0) is 35.0 Å². The fourth-order valence-corrected chi connectivity index (χ4v) is 7.27. The fourth-order valence-electron chi connectivity index (χ4n) is 5.72. The maximum atomic E-state index is 4.87. The third-order valence-electron chi connectivity index (χ3n) is 7.34. The van der Waals surface area contributed by atoms with Gasteiger partial charge in [-0.3, -0.25) is 15.0 Å².